The Kier molecular flexibility index (Phi) is 5.27. The van der Waals surface area contributed by atoms with Crippen molar-refractivity contribution in [2.45, 2.75) is 69.1 Å². The Balaban J connectivity index is 1.19. The Morgan fingerprint density at radius 1 is 1.24 bits per heavy atom. The summed E-state index contributed by atoms with van der Waals surface area (Å²) in [5, 5.41) is 13.6. The maximum atomic E-state index is 9.05. The number of furan rings is 1. The minimum absolute atomic E-state index is 0.157. The summed E-state index contributed by atoms with van der Waals surface area (Å²) in [4.78, 5) is 7.20. The molecule has 1 spiro atoms. The van der Waals surface area contributed by atoms with Crippen LogP contribution in [-0.2, 0) is 4.74 Å². The number of ether oxygens (including phenoxy) is 1. The van der Waals surface area contributed by atoms with Crippen LogP contribution in [0.5, 0.6) is 0 Å². The number of halogens is 1. The maximum Gasteiger partial charge on any atom is 0.204 e. The number of likely N-dealkylation sites (tertiary alicyclic amines) is 1. The quantitative estimate of drug-likeness (QED) is 0.709. The molecule has 2 aliphatic heterocycles. The van der Waals surface area contributed by atoms with E-state index in [1.165, 1.54) is 45.1 Å². The molecule has 29 heavy (non-hydrogen) atoms. The Labute approximate surface area is 179 Å². The molecular formula is C22H27BrN4O2. The van der Waals surface area contributed by atoms with Crippen LogP contribution in [0.15, 0.2) is 21.2 Å². The van der Waals surface area contributed by atoms with Crippen molar-refractivity contribution < 1.29 is 9.15 Å². The van der Waals surface area contributed by atoms with Crippen LogP contribution >= 0.6 is 15.9 Å². The number of anilines is 1. The summed E-state index contributed by atoms with van der Waals surface area (Å²) < 4.78 is 12.5. The van der Waals surface area contributed by atoms with Crippen LogP contribution < -0.4 is 5.32 Å². The Hall–Kier alpha value is -1.62. The van der Waals surface area contributed by atoms with Gasteiger partial charge in [0, 0.05) is 43.2 Å². The molecule has 0 aromatic carbocycles. The Bertz CT molecular complexity index is 923. The van der Waals surface area contributed by atoms with E-state index >= 15 is 0 Å². The van der Waals surface area contributed by atoms with E-state index in [4.69, 9.17) is 14.4 Å². The van der Waals surface area contributed by atoms with Gasteiger partial charge in [0.25, 0.3) is 0 Å². The lowest BCUT2D eigenvalue weighted by Gasteiger charge is -2.38. The molecule has 1 saturated carbocycles. The number of hydrogen-bond donors (Lipinski definition) is 1. The number of aromatic nitrogens is 1. The monoisotopic (exact) mass is 458 g/mol. The van der Waals surface area contributed by atoms with Gasteiger partial charge in [-0.05, 0) is 67.3 Å². The summed E-state index contributed by atoms with van der Waals surface area (Å²) in [5.41, 5.74) is 0.792. The molecule has 2 saturated heterocycles. The van der Waals surface area contributed by atoms with Crippen molar-refractivity contribution in [3.8, 4) is 6.07 Å². The van der Waals surface area contributed by atoms with Crippen LogP contribution in [0, 0.1) is 11.3 Å². The molecule has 1 aliphatic carbocycles. The van der Waals surface area contributed by atoms with Crippen molar-refractivity contribution in [3.05, 3.63) is 22.5 Å². The van der Waals surface area contributed by atoms with Crippen LogP contribution in [0.3, 0.4) is 0 Å². The largest absolute Gasteiger partial charge is 0.444 e. The summed E-state index contributed by atoms with van der Waals surface area (Å²) in [6, 6.07) is 4.92. The fourth-order valence-electron chi connectivity index (χ4n) is 5.33. The summed E-state index contributed by atoms with van der Waals surface area (Å²) in [7, 11) is 0. The molecule has 0 bridgehead atoms. The third-order valence-electron chi connectivity index (χ3n) is 6.96. The molecule has 2 aromatic rings. The van der Waals surface area contributed by atoms with Crippen LogP contribution in [0.2, 0.25) is 0 Å². The maximum absolute atomic E-state index is 9.05. The van der Waals surface area contributed by atoms with Crippen molar-refractivity contribution in [1.29, 1.82) is 5.26 Å². The summed E-state index contributed by atoms with van der Waals surface area (Å²) in [6.07, 6.45) is 11.4. The zero-order valence-electron chi connectivity index (χ0n) is 16.6. The highest BCUT2D eigenvalue weighted by atomic mass is 79.9. The van der Waals surface area contributed by atoms with E-state index in [2.05, 4.69) is 31.1 Å². The van der Waals surface area contributed by atoms with E-state index in [1.54, 1.807) is 12.3 Å². The molecule has 3 fully saturated rings. The normalized spacial score (nSPS) is 30.6. The number of fused-ring (bicyclic) bond motifs is 1. The van der Waals surface area contributed by atoms with Crippen molar-refractivity contribution in [2.75, 3.05) is 25.0 Å². The topological polar surface area (TPSA) is 74.3 Å². The van der Waals surface area contributed by atoms with E-state index in [1.807, 2.05) is 6.07 Å². The minimum atomic E-state index is 0.157. The average Bonchev–Trinajstić information content (AvgIpc) is 3.36. The molecule has 7 heteroatoms. The van der Waals surface area contributed by atoms with Gasteiger partial charge >= 0.3 is 0 Å². The van der Waals surface area contributed by atoms with E-state index < -0.39 is 0 Å². The van der Waals surface area contributed by atoms with Crippen molar-refractivity contribution >= 4 is 32.7 Å². The minimum Gasteiger partial charge on any atom is -0.444 e. The fourth-order valence-corrected chi connectivity index (χ4v) is 5.86. The van der Waals surface area contributed by atoms with Gasteiger partial charge in [-0.2, -0.15) is 5.26 Å². The van der Waals surface area contributed by atoms with Gasteiger partial charge in [0.2, 0.25) is 5.76 Å². The first kappa shape index (κ1) is 19.3. The lowest BCUT2D eigenvalue weighted by atomic mass is 9.89. The highest BCUT2D eigenvalue weighted by Crippen LogP contribution is 2.38. The first-order valence-corrected chi connectivity index (χ1v) is 11.6. The molecule has 2 aromatic heterocycles. The second-order valence-electron chi connectivity index (χ2n) is 8.78. The van der Waals surface area contributed by atoms with E-state index in [0.29, 0.717) is 23.4 Å². The third kappa shape index (κ3) is 3.78. The zero-order valence-corrected chi connectivity index (χ0v) is 18.2. The van der Waals surface area contributed by atoms with Gasteiger partial charge in [0.05, 0.1) is 16.3 Å². The van der Waals surface area contributed by atoms with Crippen molar-refractivity contribution in [2.24, 2.45) is 0 Å². The van der Waals surface area contributed by atoms with Gasteiger partial charge in [-0.15, -0.1) is 0 Å². The van der Waals surface area contributed by atoms with Crippen LogP contribution in [0.1, 0.15) is 57.1 Å². The molecule has 3 aliphatic rings. The van der Waals surface area contributed by atoms with E-state index in [9.17, 15) is 0 Å². The standard InChI is InChI=1S/C22H27BrN4O2/c23-20-18-11-17(12-24)29-19(18)13-25-21(20)26-15-3-5-16(6-4-15)27-9-8-22(14-27)7-1-2-10-28-22/h11,13,15-16H,1-10,14H2,(H,25,26). The number of hydrogen-bond acceptors (Lipinski definition) is 6. The van der Waals surface area contributed by atoms with Crippen LogP contribution in [-0.4, -0.2) is 47.3 Å². The number of pyridine rings is 1. The van der Waals surface area contributed by atoms with Crippen molar-refractivity contribution in [3.63, 3.8) is 0 Å². The molecule has 1 unspecified atom stereocenters. The summed E-state index contributed by atoms with van der Waals surface area (Å²) in [5.74, 6) is 1.15. The third-order valence-corrected chi connectivity index (χ3v) is 7.76. The number of nitrogens with one attached hydrogen (secondary N) is 1. The lowest BCUT2D eigenvalue weighted by molar-refractivity contribution is -0.0720. The Morgan fingerprint density at radius 2 is 2.10 bits per heavy atom. The first-order chi connectivity index (χ1) is 14.2. The molecule has 1 atom stereocenters. The highest BCUT2D eigenvalue weighted by molar-refractivity contribution is 9.10. The van der Waals surface area contributed by atoms with Gasteiger partial charge < -0.3 is 14.5 Å². The fraction of sp³-hybridized carbons (Fsp3) is 0.636. The van der Waals surface area contributed by atoms with Gasteiger partial charge in [-0.25, -0.2) is 4.98 Å². The second-order valence-corrected chi connectivity index (χ2v) is 9.57. The van der Waals surface area contributed by atoms with Gasteiger partial charge in [-0.3, -0.25) is 4.90 Å². The Morgan fingerprint density at radius 3 is 2.86 bits per heavy atom. The highest BCUT2D eigenvalue weighted by Gasteiger charge is 2.42. The SMILES string of the molecule is N#Cc1cc2c(Br)c(NC3CCC(N4CCC5(CCCCO5)C4)CC3)ncc2o1. The molecule has 4 heterocycles. The number of rotatable bonds is 3. The smallest absolute Gasteiger partial charge is 0.204 e. The molecule has 0 amide bonds. The van der Waals surface area contributed by atoms with E-state index in [0.717, 1.165) is 41.7 Å². The lowest BCUT2D eigenvalue weighted by Crippen LogP contribution is -2.44. The number of nitriles is 1. The predicted octanol–water partition coefficient (Wildman–Crippen LogP) is 4.83. The second kappa shape index (κ2) is 7.90. The molecule has 5 rings (SSSR count). The average molecular weight is 459 g/mol. The summed E-state index contributed by atoms with van der Waals surface area (Å²) >= 11 is 3.64. The van der Waals surface area contributed by atoms with E-state index in [-0.39, 0.29) is 5.60 Å². The van der Waals surface area contributed by atoms with Crippen LogP contribution in [0.25, 0.3) is 11.0 Å². The molecule has 154 valence electrons. The van der Waals surface area contributed by atoms with Crippen LogP contribution in [0.4, 0.5) is 5.82 Å². The summed E-state index contributed by atoms with van der Waals surface area (Å²) in [6.45, 7) is 3.26. The van der Waals surface area contributed by atoms with Gasteiger partial charge in [-0.1, -0.05) is 0 Å². The predicted molar refractivity (Wildman–Crippen MR) is 115 cm³/mol. The molecule has 0 radical (unpaired) electrons. The first-order valence-electron chi connectivity index (χ1n) is 10.8. The molecule has 1 N–H and O–H groups in total. The van der Waals surface area contributed by atoms with Gasteiger partial charge in [0.15, 0.2) is 5.58 Å². The number of nitrogens with zero attached hydrogens (tertiary/aromatic N) is 3. The zero-order chi connectivity index (χ0) is 19.8. The van der Waals surface area contributed by atoms with Crippen molar-refractivity contribution in [1.82, 2.24) is 9.88 Å². The molecular weight excluding hydrogens is 432 g/mol. The van der Waals surface area contributed by atoms with Gasteiger partial charge in [0.1, 0.15) is 11.9 Å². The molecule has 6 nitrogen and oxygen atoms in total.